The first-order valence-electron chi connectivity index (χ1n) is 8.09. The van der Waals surface area contributed by atoms with Crippen LogP contribution in [-0.4, -0.2) is 19.7 Å². The van der Waals surface area contributed by atoms with Crippen LogP contribution >= 0.6 is 0 Å². The SMILES string of the molecule is [CH2][C@@]12[C@@H]3CC[C@@H](C3)[C@@H]1CN(c1ccc(C#N)c(C(F)(F)F)c1)S2(=O)=O. The predicted octanol–water partition coefficient (Wildman–Crippen LogP) is 3.35. The number of halogens is 3. The number of nitrogens with zero attached hydrogens (tertiary/aromatic N) is 2. The maximum atomic E-state index is 13.2. The average molecular weight is 369 g/mol. The molecule has 1 aliphatic heterocycles. The van der Waals surface area contributed by atoms with Crippen LogP contribution in [0.5, 0.6) is 0 Å². The second-order valence-electron chi connectivity index (χ2n) is 7.21. The Balaban J connectivity index is 1.81. The summed E-state index contributed by atoms with van der Waals surface area (Å²) in [7, 11) is -3.86. The van der Waals surface area contributed by atoms with Gasteiger partial charge in [-0.1, -0.05) is 0 Å². The van der Waals surface area contributed by atoms with E-state index in [1.54, 1.807) is 0 Å². The summed E-state index contributed by atoms with van der Waals surface area (Å²) in [5.74, 6) is 0.0851. The molecule has 3 aliphatic rings. The minimum atomic E-state index is -4.72. The van der Waals surface area contributed by atoms with E-state index >= 15 is 0 Å². The number of hydrogen-bond acceptors (Lipinski definition) is 3. The highest BCUT2D eigenvalue weighted by molar-refractivity contribution is 7.94. The molecule has 25 heavy (non-hydrogen) atoms. The number of alkyl halides is 3. The highest BCUT2D eigenvalue weighted by Crippen LogP contribution is 2.62. The van der Waals surface area contributed by atoms with E-state index in [2.05, 4.69) is 6.92 Å². The smallest absolute Gasteiger partial charge is 0.269 e. The lowest BCUT2D eigenvalue weighted by Gasteiger charge is -2.33. The molecule has 3 fully saturated rings. The summed E-state index contributed by atoms with van der Waals surface area (Å²) in [6, 6.07) is 4.59. The second-order valence-corrected chi connectivity index (χ2v) is 9.36. The van der Waals surface area contributed by atoms with Gasteiger partial charge in [-0.25, -0.2) is 8.42 Å². The van der Waals surface area contributed by atoms with E-state index in [-0.39, 0.29) is 30.0 Å². The summed E-state index contributed by atoms with van der Waals surface area (Å²) in [5.41, 5.74) is -1.67. The monoisotopic (exact) mass is 369 g/mol. The third-order valence-corrected chi connectivity index (χ3v) is 8.75. The third kappa shape index (κ3) is 2.02. The number of hydrogen-bond donors (Lipinski definition) is 0. The van der Waals surface area contributed by atoms with Crippen LogP contribution in [0.15, 0.2) is 18.2 Å². The summed E-state index contributed by atoms with van der Waals surface area (Å²) in [6.07, 6.45) is -2.12. The van der Waals surface area contributed by atoms with E-state index in [0.29, 0.717) is 0 Å². The first kappa shape index (κ1) is 16.7. The van der Waals surface area contributed by atoms with Crippen LogP contribution in [0.2, 0.25) is 0 Å². The van der Waals surface area contributed by atoms with E-state index in [9.17, 15) is 21.6 Å². The minimum Gasteiger partial charge on any atom is -0.269 e. The molecule has 4 atom stereocenters. The number of fused-ring (bicyclic) bond motifs is 5. The summed E-state index contributed by atoms with van der Waals surface area (Å²) in [6.45, 7) is 4.21. The predicted molar refractivity (Wildman–Crippen MR) is 84.8 cm³/mol. The molecular weight excluding hydrogens is 353 g/mol. The highest BCUT2D eigenvalue weighted by atomic mass is 32.2. The van der Waals surface area contributed by atoms with Gasteiger partial charge in [0.25, 0.3) is 0 Å². The van der Waals surface area contributed by atoms with Crippen LogP contribution in [-0.2, 0) is 16.2 Å². The molecule has 133 valence electrons. The van der Waals surface area contributed by atoms with Crippen molar-refractivity contribution in [3.05, 3.63) is 36.2 Å². The number of benzene rings is 1. The normalized spacial score (nSPS) is 35.6. The Morgan fingerprint density at radius 1 is 1.32 bits per heavy atom. The third-order valence-electron chi connectivity index (χ3n) is 6.21. The lowest BCUT2D eigenvalue weighted by Crippen LogP contribution is -2.45. The van der Waals surface area contributed by atoms with E-state index in [0.717, 1.165) is 35.7 Å². The molecule has 2 bridgehead atoms. The molecule has 1 saturated heterocycles. The van der Waals surface area contributed by atoms with Crippen molar-refractivity contribution in [2.75, 3.05) is 10.8 Å². The minimum absolute atomic E-state index is 0.0297. The maximum Gasteiger partial charge on any atom is 0.417 e. The first-order valence-corrected chi connectivity index (χ1v) is 9.53. The second kappa shape index (κ2) is 4.91. The van der Waals surface area contributed by atoms with Gasteiger partial charge in [0.15, 0.2) is 0 Å². The van der Waals surface area contributed by atoms with Crippen LogP contribution in [0.1, 0.15) is 30.4 Å². The van der Waals surface area contributed by atoms with Gasteiger partial charge in [0.2, 0.25) is 10.0 Å². The number of sulfonamides is 1. The Hall–Kier alpha value is -1.75. The molecule has 2 saturated carbocycles. The zero-order valence-electron chi connectivity index (χ0n) is 13.3. The van der Waals surface area contributed by atoms with Gasteiger partial charge in [-0.15, -0.1) is 0 Å². The zero-order chi connectivity index (χ0) is 18.2. The molecule has 0 amide bonds. The van der Waals surface area contributed by atoms with Gasteiger partial charge >= 0.3 is 6.18 Å². The molecule has 1 radical (unpaired) electrons. The summed E-state index contributed by atoms with van der Waals surface area (Å²) < 4.78 is 65.8. The first-order chi connectivity index (χ1) is 11.6. The summed E-state index contributed by atoms with van der Waals surface area (Å²) >= 11 is 0. The van der Waals surface area contributed by atoms with Crippen LogP contribution in [0, 0.1) is 36.0 Å². The van der Waals surface area contributed by atoms with Crippen molar-refractivity contribution in [3.8, 4) is 6.07 Å². The molecule has 2 aliphatic carbocycles. The van der Waals surface area contributed by atoms with Crippen LogP contribution in [0.4, 0.5) is 18.9 Å². The van der Waals surface area contributed by atoms with Gasteiger partial charge in [-0.05, 0) is 56.2 Å². The van der Waals surface area contributed by atoms with Crippen LogP contribution < -0.4 is 4.31 Å². The van der Waals surface area contributed by atoms with Crippen molar-refractivity contribution in [1.29, 1.82) is 5.26 Å². The van der Waals surface area contributed by atoms with E-state index in [1.165, 1.54) is 12.1 Å². The van der Waals surface area contributed by atoms with Gasteiger partial charge in [-0.2, -0.15) is 18.4 Å². The molecule has 4 rings (SSSR count). The van der Waals surface area contributed by atoms with Crippen molar-refractivity contribution in [2.24, 2.45) is 17.8 Å². The molecule has 4 nitrogen and oxygen atoms in total. The van der Waals surface area contributed by atoms with E-state index in [4.69, 9.17) is 5.26 Å². The number of anilines is 1. The van der Waals surface area contributed by atoms with Crippen molar-refractivity contribution >= 4 is 15.7 Å². The van der Waals surface area contributed by atoms with Crippen molar-refractivity contribution in [1.82, 2.24) is 0 Å². The lowest BCUT2D eigenvalue weighted by molar-refractivity contribution is -0.137. The molecule has 0 N–H and O–H groups in total. The number of nitriles is 1. The Bertz CT molecular complexity index is 890. The summed E-state index contributed by atoms with van der Waals surface area (Å²) in [4.78, 5) is 0. The Kier molecular flexibility index (Phi) is 3.28. The van der Waals surface area contributed by atoms with Gasteiger partial charge in [0.05, 0.1) is 27.6 Å². The number of rotatable bonds is 1. The fraction of sp³-hybridized carbons (Fsp3) is 0.529. The largest absolute Gasteiger partial charge is 0.417 e. The lowest BCUT2D eigenvalue weighted by atomic mass is 9.79. The fourth-order valence-electron chi connectivity index (χ4n) is 4.98. The Morgan fingerprint density at radius 2 is 2.04 bits per heavy atom. The van der Waals surface area contributed by atoms with Gasteiger partial charge in [-0.3, -0.25) is 4.31 Å². The quantitative estimate of drug-likeness (QED) is 0.763. The fourth-order valence-corrected chi connectivity index (χ4v) is 7.42. The van der Waals surface area contributed by atoms with Crippen molar-refractivity contribution in [3.63, 3.8) is 0 Å². The zero-order valence-corrected chi connectivity index (χ0v) is 14.1. The average Bonchev–Trinajstić information content (AvgIpc) is 3.17. The van der Waals surface area contributed by atoms with Crippen molar-refractivity contribution < 1.29 is 21.6 Å². The van der Waals surface area contributed by atoms with Crippen LogP contribution in [0.25, 0.3) is 0 Å². The van der Waals surface area contributed by atoms with E-state index in [1.807, 2.05) is 0 Å². The highest BCUT2D eigenvalue weighted by Gasteiger charge is 2.68. The molecule has 8 heteroatoms. The molecule has 0 unspecified atom stereocenters. The molecule has 0 aromatic heterocycles. The standard InChI is InChI=1S/C17H16F3N2O2S/c1-16-12-4-2-10(6-12)15(16)9-22(25(16,23)24)13-5-3-11(8-21)14(7-13)17(18,19)20/h3,5,7,10,12,15H,1-2,4,6,9H2/t10-,12+,15-,16+/m0/s1. The Morgan fingerprint density at radius 3 is 2.64 bits per heavy atom. The summed E-state index contributed by atoms with van der Waals surface area (Å²) in [5, 5.41) is 8.90. The topological polar surface area (TPSA) is 61.2 Å². The van der Waals surface area contributed by atoms with Crippen molar-refractivity contribution in [2.45, 2.75) is 30.2 Å². The molecule has 1 aromatic rings. The Labute approximate surface area is 144 Å². The maximum absolute atomic E-state index is 13.2. The molecular formula is C17H16F3N2O2S. The van der Waals surface area contributed by atoms with E-state index < -0.39 is 32.1 Å². The van der Waals surface area contributed by atoms with Gasteiger partial charge in [0.1, 0.15) is 0 Å². The molecule has 0 spiro atoms. The molecule has 1 heterocycles. The van der Waals surface area contributed by atoms with Gasteiger partial charge in [0, 0.05) is 12.5 Å². The van der Waals surface area contributed by atoms with Gasteiger partial charge < -0.3 is 0 Å². The molecule has 1 aromatic carbocycles. The van der Waals surface area contributed by atoms with Crippen LogP contribution in [0.3, 0.4) is 0 Å².